The summed E-state index contributed by atoms with van der Waals surface area (Å²) in [7, 11) is 0. The summed E-state index contributed by atoms with van der Waals surface area (Å²) in [5.74, 6) is 0. The lowest BCUT2D eigenvalue weighted by molar-refractivity contribution is -0.140. The number of hydrogen-bond donors (Lipinski definition) is 0. The Morgan fingerprint density at radius 2 is 1.33 bits per heavy atom. The lowest BCUT2D eigenvalue weighted by Gasteiger charge is -2.00. The minimum absolute atomic E-state index is 0.313. The first kappa shape index (κ1) is 11.9. The molecule has 12 heavy (non-hydrogen) atoms. The Morgan fingerprint density at radius 3 is 1.83 bits per heavy atom. The molecule has 0 rings (SSSR count). The molecule has 0 fully saturated rings. The monoisotopic (exact) mass is 172 g/mol. The Labute approximate surface area is 75.6 Å². The third kappa shape index (κ3) is 9.92. The molecule has 0 aliphatic heterocycles. The van der Waals surface area contributed by atoms with Crippen LogP contribution in [0, 0.1) is 0 Å². The van der Waals surface area contributed by atoms with Gasteiger partial charge < -0.3 is 0 Å². The van der Waals surface area contributed by atoms with Crippen LogP contribution in [-0.4, -0.2) is 6.29 Å². The molecule has 0 amide bonds. The van der Waals surface area contributed by atoms with E-state index in [0.29, 0.717) is 6.42 Å². The third-order valence-electron chi connectivity index (χ3n) is 2.04. The zero-order chi connectivity index (χ0) is 9.23. The Hall–Kier alpha value is -0.0800. The lowest BCUT2D eigenvalue weighted by Crippen LogP contribution is -1.98. The SMILES string of the molecule is CCCCCCCCCC([O])[O]. The van der Waals surface area contributed by atoms with Gasteiger partial charge >= 0.3 is 0 Å². The fraction of sp³-hybridized carbons (Fsp3) is 1.00. The quantitative estimate of drug-likeness (QED) is 0.398. The van der Waals surface area contributed by atoms with E-state index in [2.05, 4.69) is 6.92 Å². The molecule has 0 aliphatic rings. The second-order valence-corrected chi connectivity index (χ2v) is 3.34. The molecule has 0 unspecified atom stereocenters. The Kier molecular flexibility index (Phi) is 8.95. The average molecular weight is 172 g/mol. The number of hydrogen-bond acceptors (Lipinski definition) is 0. The molecule has 0 saturated carbocycles. The van der Waals surface area contributed by atoms with Crippen LogP contribution in [0.1, 0.15) is 58.3 Å². The maximum atomic E-state index is 10.1. The van der Waals surface area contributed by atoms with Gasteiger partial charge in [0.25, 0.3) is 0 Å². The van der Waals surface area contributed by atoms with Crippen LogP contribution in [0.15, 0.2) is 0 Å². The van der Waals surface area contributed by atoms with E-state index in [-0.39, 0.29) is 0 Å². The van der Waals surface area contributed by atoms with Gasteiger partial charge in [0.05, 0.1) is 0 Å². The van der Waals surface area contributed by atoms with E-state index in [4.69, 9.17) is 0 Å². The van der Waals surface area contributed by atoms with Crippen LogP contribution < -0.4 is 0 Å². The fourth-order valence-corrected chi connectivity index (χ4v) is 1.27. The van der Waals surface area contributed by atoms with Crippen molar-refractivity contribution in [1.82, 2.24) is 0 Å². The van der Waals surface area contributed by atoms with Gasteiger partial charge in [0.2, 0.25) is 6.29 Å². The largest absolute Gasteiger partial charge is 0.224 e. The van der Waals surface area contributed by atoms with E-state index in [1.165, 1.54) is 32.1 Å². The molecule has 0 aromatic heterocycles. The highest BCUT2D eigenvalue weighted by Gasteiger charge is 1.99. The van der Waals surface area contributed by atoms with Crippen molar-refractivity contribution in [2.24, 2.45) is 0 Å². The smallest absolute Gasteiger partial charge is 0.199 e. The molecule has 2 heteroatoms. The van der Waals surface area contributed by atoms with Gasteiger partial charge in [0, 0.05) is 6.42 Å². The molecule has 0 spiro atoms. The highest BCUT2D eigenvalue weighted by atomic mass is 16.5. The molecule has 0 atom stereocenters. The van der Waals surface area contributed by atoms with Gasteiger partial charge in [0.15, 0.2) is 0 Å². The van der Waals surface area contributed by atoms with Crippen molar-refractivity contribution in [3.63, 3.8) is 0 Å². The summed E-state index contributed by atoms with van der Waals surface area (Å²) in [6, 6.07) is 0. The standard InChI is InChI=1S/C10H20O2/c1-2-3-4-5-6-7-8-9-10(11)12/h10H,2-9H2,1H3. The van der Waals surface area contributed by atoms with Crippen LogP contribution >= 0.6 is 0 Å². The Morgan fingerprint density at radius 1 is 0.833 bits per heavy atom. The van der Waals surface area contributed by atoms with Crippen LogP contribution in [-0.2, 0) is 10.2 Å². The van der Waals surface area contributed by atoms with E-state index in [1.54, 1.807) is 0 Å². The highest BCUT2D eigenvalue weighted by molar-refractivity contribution is 4.46. The molecule has 0 aromatic carbocycles. The maximum Gasteiger partial charge on any atom is 0.224 e. The van der Waals surface area contributed by atoms with Crippen molar-refractivity contribution in [3.05, 3.63) is 0 Å². The van der Waals surface area contributed by atoms with Gasteiger partial charge in [-0.2, -0.15) is 10.2 Å². The van der Waals surface area contributed by atoms with E-state index in [0.717, 1.165) is 12.8 Å². The van der Waals surface area contributed by atoms with Gasteiger partial charge in [-0.3, -0.25) is 0 Å². The van der Waals surface area contributed by atoms with Gasteiger partial charge in [0.1, 0.15) is 0 Å². The second-order valence-electron chi connectivity index (χ2n) is 3.34. The van der Waals surface area contributed by atoms with Crippen molar-refractivity contribution < 1.29 is 10.2 Å². The summed E-state index contributed by atoms with van der Waals surface area (Å²) < 4.78 is 0. The summed E-state index contributed by atoms with van der Waals surface area (Å²) in [4.78, 5) is 0. The van der Waals surface area contributed by atoms with Crippen LogP contribution in [0.3, 0.4) is 0 Å². The van der Waals surface area contributed by atoms with E-state index in [1.807, 2.05) is 0 Å². The molecule has 0 N–H and O–H groups in total. The molecule has 0 aromatic rings. The zero-order valence-corrected chi connectivity index (χ0v) is 8.05. The summed E-state index contributed by atoms with van der Waals surface area (Å²) in [5.41, 5.74) is 0. The first-order valence-electron chi connectivity index (χ1n) is 5.09. The lowest BCUT2D eigenvalue weighted by atomic mass is 10.1. The molecule has 0 aliphatic carbocycles. The van der Waals surface area contributed by atoms with Gasteiger partial charge in [-0.1, -0.05) is 45.4 Å². The normalized spacial score (nSPS) is 11.0. The maximum absolute atomic E-state index is 10.1. The van der Waals surface area contributed by atoms with Crippen LogP contribution in [0.25, 0.3) is 0 Å². The molecule has 2 nitrogen and oxygen atoms in total. The predicted octanol–water partition coefficient (Wildman–Crippen LogP) is 3.31. The van der Waals surface area contributed by atoms with Gasteiger partial charge in [-0.05, 0) is 6.42 Å². The van der Waals surface area contributed by atoms with Crippen LogP contribution in [0.5, 0.6) is 0 Å². The third-order valence-corrected chi connectivity index (χ3v) is 2.04. The molecule has 2 radical (unpaired) electrons. The van der Waals surface area contributed by atoms with Crippen molar-refractivity contribution in [2.75, 3.05) is 0 Å². The summed E-state index contributed by atoms with van der Waals surface area (Å²) in [6.07, 6.45) is 6.93. The van der Waals surface area contributed by atoms with Crippen LogP contribution in [0.4, 0.5) is 0 Å². The van der Waals surface area contributed by atoms with Gasteiger partial charge in [-0.25, -0.2) is 0 Å². The summed E-state index contributed by atoms with van der Waals surface area (Å²) in [6.45, 7) is 2.19. The first-order chi connectivity index (χ1) is 5.77. The number of rotatable bonds is 8. The molecular formula is C10H20O2. The predicted molar refractivity (Wildman–Crippen MR) is 47.8 cm³/mol. The summed E-state index contributed by atoms with van der Waals surface area (Å²) >= 11 is 0. The van der Waals surface area contributed by atoms with Crippen molar-refractivity contribution in [3.8, 4) is 0 Å². The fourth-order valence-electron chi connectivity index (χ4n) is 1.27. The molecule has 0 bridgehead atoms. The van der Waals surface area contributed by atoms with E-state index < -0.39 is 6.29 Å². The molecule has 0 heterocycles. The second kappa shape index (κ2) is 9.01. The average Bonchev–Trinajstić information content (AvgIpc) is 2.02. The van der Waals surface area contributed by atoms with E-state index >= 15 is 0 Å². The molecule has 0 saturated heterocycles. The minimum Gasteiger partial charge on any atom is -0.199 e. The van der Waals surface area contributed by atoms with E-state index in [9.17, 15) is 10.2 Å². The summed E-state index contributed by atoms with van der Waals surface area (Å²) in [5, 5.41) is 20.2. The number of unbranched alkanes of at least 4 members (excludes halogenated alkanes) is 6. The topological polar surface area (TPSA) is 39.8 Å². The highest BCUT2D eigenvalue weighted by Crippen LogP contribution is 2.09. The Balaban J connectivity index is 2.82. The molecule has 72 valence electrons. The molecular weight excluding hydrogens is 152 g/mol. The van der Waals surface area contributed by atoms with Crippen molar-refractivity contribution in [1.29, 1.82) is 0 Å². The Bertz CT molecular complexity index is 81.9. The van der Waals surface area contributed by atoms with Gasteiger partial charge in [-0.15, -0.1) is 0 Å². The zero-order valence-electron chi connectivity index (χ0n) is 8.05. The van der Waals surface area contributed by atoms with Crippen LogP contribution in [0.2, 0.25) is 0 Å². The van der Waals surface area contributed by atoms with Crippen molar-refractivity contribution >= 4 is 0 Å². The minimum atomic E-state index is -1.60. The first-order valence-corrected chi connectivity index (χ1v) is 5.09. The van der Waals surface area contributed by atoms with Crippen molar-refractivity contribution in [2.45, 2.75) is 64.6 Å².